The fraction of sp³-hybridized carbons (Fsp3) is 0.133. The molecule has 0 aliphatic heterocycles. The van der Waals surface area contributed by atoms with Crippen LogP contribution in [-0.4, -0.2) is 12.5 Å². The number of benzene rings is 1. The monoisotopic (exact) mass is 304 g/mol. The quantitative estimate of drug-likeness (QED) is 0.857. The number of carbonyl (C=O) groups is 1. The first-order valence-electron chi connectivity index (χ1n) is 6.00. The summed E-state index contributed by atoms with van der Waals surface area (Å²) < 4.78 is 0. The molecule has 1 heterocycles. The van der Waals surface area contributed by atoms with Gasteiger partial charge in [-0.25, -0.2) is 0 Å². The van der Waals surface area contributed by atoms with Crippen molar-refractivity contribution < 1.29 is 4.79 Å². The van der Waals surface area contributed by atoms with Gasteiger partial charge in [0.05, 0.1) is 16.3 Å². The first-order chi connectivity index (χ1) is 9.69. The number of hydrogen-bond donors (Lipinski definition) is 2. The zero-order valence-corrected chi connectivity index (χ0v) is 12.2. The van der Waals surface area contributed by atoms with E-state index in [0.717, 1.165) is 10.4 Å². The second-order valence-corrected chi connectivity index (χ2v) is 5.50. The van der Waals surface area contributed by atoms with E-state index in [1.54, 1.807) is 18.2 Å². The summed E-state index contributed by atoms with van der Waals surface area (Å²) in [5.41, 5.74) is 6.31. The van der Waals surface area contributed by atoms with Crippen molar-refractivity contribution in [1.82, 2.24) is 5.32 Å². The van der Waals surface area contributed by atoms with Crippen LogP contribution in [0.15, 0.2) is 36.4 Å². The molecule has 102 valence electrons. The van der Waals surface area contributed by atoms with Crippen LogP contribution in [0, 0.1) is 11.8 Å². The first-order valence-corrected chi connectivity index (χ1v) is 7.20. The van der Waals surface area contributed by atoms with Gasteiger partial charge in [-0.15, -0.1) is 11.3 Å². The van der Waals surface area contributed by atoms with E-state index in [9.17, 15) is 4.79 Å². The van der Waals surface area contributed by atoms with Crippen LogP contribution in [-0.2, 0) is 6.54 Å². The SMILES string of the molecule is NCC#Cc1ccc(C(=O)NCc2ccc(Cl)cc2)s1. The summed E-state index contributed by atoms with van der Waals surface area (Å²) in [6, 6.07) is 11.0. The van der Waals surface area contributed by atoms with Gasteiger partial charge in [-0.3, -0.25) is 4.79 Å². The molecule has 5 heteroatoms. The lowest BCUT2D eigenvalue weighted by atomic mass is 10.2. The number of halogens is 1. The number of hydrogen-bond acceptors (Lipinski definition) is 3. The van der Waals surface area contributed by atoms with E-state index >= 15 is 0 Å². The molecule has 0 saturated heterocycles. The molecule has 20 heavy (non-hydrogen) atoms. The van der Waals surface area contributed by atoms with Crippen molar-refractivity contribution in [2.24, 2.45) is 5.73 Å². The predicted molar refractivity (Wildman–Crippen MR) is 82.9 cm³/mol. The van der Waals surface area contributed by atoms with Gasteiger partial charge in [-0.05, 0) is 29.8 Å². The number of nitrogens with two attached hydrogens (primary N) is 1. The summed E-state index contributed by atoms with van der Waals surface area (Å²) in [4.78, 5) is 13.5. The van der Waals surface area contributed by atoms with E-state index in [1.807, 2.05) is 18.2 Å². The Morgan fingerprint density at radius 3 is 2.70 bits per heavy atom. The Hall–Kier alpha value is -1.80. The van der Waals surface area contributed by atoms with Gasteiger partial charge < -0.3 is 11.1 Å². The number of nitrogens with one attached hydrogen (secondary N) is 1. The van der Waals surface area contributed by atoms with Crippen molar-refractivity contribution in [3.8, 4) is 11.8 Å². The zero-order chi connectivity index (χ0) is 14.4. The number of thiophene rings is 1. The number of carbonyl (C=O) groups excluding carboxylic acids is 1. The summed E-state index contributed by atoms with van der Waals surface area (Å²) in [7, 11) is 0. The van der Waals surface area contributed by atoms with Gasteiger partial charge in [0.15, 0.2) is 0 Å². The molecule has 0 fully saturated rings. The fourth-order valence-corrected chi connectivity index (χ4v) is 2.46. The van der Waals surface area contributed by atoms with Gasteiger partial charge in [0.1, 0.15) is 0 Å². The van der Waals surface area contributed by atoms with Crippen LogP contribution in [0.5, 0.6) is 0 Å². The normalized spacial score (nSPS) is 9.70. The molecule has 0 saturated carbocycles. The predicted octanol–water partition coefficient (Wildman–Crippen LogP) is 2.64. The van der Waals surface area contributed by atoms with Crippen LogP contribution in [0.3, 0.4) is 0 Å². The van der Waals surface area contributed by atoms with Crippen molar-refractivity contribution in [2.45, 2.75) is 6.54 Å². The Morgan fingerprint density at radius 2 is 2.00 bits per heavy atom. The maximum absolute atomic E-state index is 12.0. The molecule has 0 radical (unpaired) electrons. The molecule has 0 bridgehead atoms. The number of rotatable bonds is 3. The lowest BCUT2D eigenvalue weighted by Crippen LogP contribution is -2.21. The summed E-state index contributed by atoms with van der Waals surface area (Å²) in [6.07, 6.45) is 0. The lowest BCUT2D eigenvalue weighted by Gasteiger charge is -2.03. The van der Waals surface area contributed by atoms with E-state index in [1.165, 1.54) is 11.3 Å². The molecule has 0 aliphatic carbocycles. The molecule has 0 atom stereocenters. The molecule has 3 N–H and O–H groups in total. The van der Waals surface area contributed by atoms with Crippen molar-refractivity contribution in [3.63, 3.8) is 0 Å². The third-order valence-corrected chi connectivity index (χ3v) is 3.76. The topological polar surface area (TPSA) is 55.1 Å². The van der Waals surface area contributed by atoms with Gasteiger partial charge in [0.25, 0.3) is 5.91 Å². The molecule has 1 aromatic heterocycles. The Kier molecular flexibility index (Phi) is 5.19. The Morgan fingerprint density at radius 1 is 1.25 bits per heavy atom. The minimum Gasteiger partial charge on any atom is -0.347 e. The molecule has 0 aliphatic rings. The Labute approximate surface area is 126 Å². The minimum absolute atomic E-state index is 0.106. The van der Waals surface area contributed by atoms with E-state index in [4.69, 9.17) is 17.3 Å². The molecule has 2 rings (SSSR count). The largest absolute Gasteiger partial charge is 0.347 e. The van der Waals surface area contributed by atoms with Gasteiger partial charge in [-0.1, -0.05) is 35.6 Å². The fourth-order valence-electron chi connectivity index (χ4n) is 1.54. The van der Waals surface area contributed by atoms with E-state index in [-0.39, 0.29) is 5.91 Å². The second kappa shape index (κ2) is 7.11. The number of amides is 1. The zero-order valence-electron chi connectivity index (χ0n) is 10.7. The Bertz CT molecular complexity index is 653. The summed E-state index contributed by atoms with van der Waals surface area (Å²) in [5.74, 6) is 5.57. The highest BCUT2D eigenvalue weighted by Crippen LogP contribution is 2.15. The average molecular weight is 305 g/mol. The summed E-state index contributed by atoms with van der Waals surface area (Å²) >= 11 is 7.16. The Balaban J connectivity index is 1.94. The van der Waals surface area contributed by atoms with Crippen molar-refractivity contribution in [1.29, 1.82) is 0 Å². The maximum atomic E-state index is 12.0. The third-order valence-electron chi connectivity index (χ3n) is 2.51. The minimum atomic E-state index is -0.106. The third kappa shape index (κ3) is 4.10. The molecule has 1 aromatic carbocycles. The highest BCUT2D eigenvalue weighted by atomic mass is 35.5. The van der Waals surface area contributed by atoms with Crippen LogP contribution >= 0.6 is 22.9 Å². The summed E-state index contributed by atoms with van der Waals surface area (Å²) in [6.45, 7) is 0.785. The highest BCUT2D eigenvalue weighted by molar-refractivity contribution is 7.14. The van der Waals surface area contributed by atoms with Crippen LogP contribution in [0.1, 0.15) is 20.1 Å². The molecule has 1 amide bonds. The van der Waals surface area contributed by atoms with Crippen molar-refractivity contribution >= 4 is 28.8 Å². The lowest BCUT2D eigenvalue weighted by molar-refractivity contribution is 0.0955. The smallest absolute Gasteiger partial charge is 0.261 e. The second-order valence-electron chi connectivity index (χ2n) is 3.98. The van der Waals surface area contributed by atoms with Crippen LogP contribution in [0.4, 0.5) is 0 Å². The van der Waals surface area contributed by atoms with Gasteiger partial charge in [-0.2, -0.15) is 0 Å². The molecule has 2 aromatic rings. The molecule has 3 nitrogen and oxygen atoms in total. The van der Waals surface area contributed by atoms with Gasteiger partial charge in [0, 0.05) is 11.6 Å². The van der Waals surface area contributed by atoms with E-state index < -0.39 is 0 Å². The van der Waals surface area contributed by atoms with Crippen LogP contribution < -0.4 is 11.1 Å². The van der Waals surface area contributed by atoms with E-state index in [2.05, 4.69) is 17.2 Å². The van der Waals surface area contributed by atoms with Crippen LogP contribution in [0.2, 0.25) is 5.02 Å². The van der Waals surface area contributed by atoms with E-state index in [0.29, 0.717) is 23.0 Å². The molecular formula is C15H13ClN2OS. The van der Waals surface area contributed by atoms with Gasteiger partial charge in [0.2, 0.25) is 0 Å². The van der Waals surface area contributed by atoms with Crippen molar-refractivity contribution in [3.05, 3.63) is 56.7 Å². The van der Waals surface area contributed by atoms with Crippen molar-refractivity contribution in [2.75, 3.05) is 6.54 Å². The van der Waals surface area contributed by atoms with Gasteiger partial charge >= 0.3 is 0 Å². The molecule has 0 spiro atoms. The standard InChI is InChI=1S/C15H13ClN2OS/c16-12-5-3-11(4-6-12)10-18-15(19)14-8-7-13(20-14)2-1-9-17/h3-8H,9-10,17H2,(H,18,19). The van der Waals surface area contributed by atoms with Crippen LogP contribution in [0.25, 0.3) is 0 Å². The summed E-state index contributed by atoms with van der Waals surface area (Å²) in [5, 5.41) is 3.54. The average Bonchev–Trinajstić information content (AvgIpc) is 2.93. The molecular weight excluding hydrogens is 292 g/mol. The first kappa shape index (κ1) is 14.6. The highest BCUT2D eigenvalue weighted by Gasteiger charge is 2.08. The maximum Gasteiger partial charge on any atom is 0.261 e. The molecule has 0 unspecified atom stereocenters.